The molecule has 0 unspecified atom stereocenters. The van der Waals surface area contributed by atoms with Gasteiger partial charge in [0.25, 0.3) is 5.91 Å². The van der Waals surface area contributed by atoms with E-state index in [1.165, 1.54) is 41.7 Å². The first-order chi connectivity index (χ1) is 17.0. The van der Waals surface area contributed by atoms with Gasteiger partial charge in [-0.3, -0.25) is 9.59 Å². The summed E-state index contributed by atoms with van der Waals surface area (Å²) in [5, 5.41) is 5.69. The molecule has 3 aromatic carbocycles. The Morgan fingerprint density at radius 2 is 1.43 bits per heavy atom. The summed E-state index contributed by atoms with van der Waals surface area (Å²) >= 11 is 1.47. The molecule has 6 nitrogen and oxygen atoms in total. The van der Waals surface area contributed by atoms with Gasteiger partial charge in [-0.2, -0.15) is 0 Å². The van der Waals surface area contributed by atoms with E-state index in [0.29, 0.717) is 17.0 Å². The van der Waals surface area contributed by atoms with Gasteiger partial charge in [0.2, 0.25) is 5.91 Å². The van der Waals surface area contributed by atoms with Crippen LogP contribution in [0.25, 0.3) is 0 Å². The lowest BCUT2D eigenvalue weighted by Crippen LogP contribution is -2.44. The molecule has 1 heterocycles. The van der Waals surface area contributed by atoms with Gasteiger partial charge < -0.3 is 20.4 Å². The van der Waals surface area contributed by atoms with Crippen molar-refractivity contribution in [1.29, 1.82) is 0 Å². The number of likely N-dealkylation sites (N-methyl/N-ethyl adjacent to an activating group) is 1. The highest BCUT2D eigenvalue weighted by Gasteiger charge is 2.14. The third kappa shape index (κ3) is 7.31. The number of nitrogens with one attached hydrogen (secondary N) is 2. The zero-order chi connectivity index (χ0) is 24.6. The number of carbonyl (C=O) groups is 2. The Hall–Kier alpha value is -3.36. The number of rotatable bonds is 8. The topological polar surface area (TPSA) is 64.7 Å². The van der Waals surface area contributed by atoms with Gasteiger partial charge in [0, 0.05) is 54.6 Å². The molecule has 1 aliphatic rings. The highest BCUT2D eigenvalue weighted by molar-refractivity contribution is 7.99. The number of anilines is 3. The second kappa shape index (κ2) is 11.9. The Labute approximate surface area is 209 Å². The van der Waals surface area contributed by atoms with E-state index >= 15 is 0 Å². The lowest BCUT2D eigenvalue weighted by Gasteiger charge is -2.34. The van der Waals surface area contributed by atoms with Crippen molar-refractivity contribution in [3.05, 3.63) is 89.7 Å². The predicted molar refractivity (Wildman–Crippen MR) is 142 cm³/mol. The Morgan fingerprint density at radius 3 is 2.09 bits per heavy atom. The minimum absolute atomic E-state index is 0.142. The molecule has 1 aliphatic heterocycles. The molecule has 35 heavy (non-hydrogen) atoms. The molecule has 1 saturated heterocycles. The van der Waals surface area contributed by atoms with Gasteiger partial charge in [0.1, 0.15) is 5.82 Å². The van der Waals surface area contributed by atoms with Crippen LogP contribution in [0.15, 0.2) is 72.8 Å². The fourth-order valence-electron chi connectivity index (χ4n) is 3.77. The molecule has 0 saturated carbocycles. The van der Waals surface area contributed by atoms with Crippen LogP contribution < -0.4 is 15.5 Å². The molecule has 3 aromatic rings. The fraction of sp³-hybridized carbons (Fsp3) is 0.259. The maximum atomic E-state index is 12.9. The van der Waals surface area contributed by atoms with E-state index in [2.05, 4.69) is 27.5 Å². The third-order valence-corrected chi connectivity index (χ3v) is 6.84. The number of nitrogens with zero attached hydrogens (tertiary/aromatic N) is 2. The number of hydrogen-bond donors (Lipinski definition) is 2. The number of hydrogen-bond acceptors (Lipinski definition) is 5. The number of amides is 2. The van der Waals surface area contributed by atoms with Crippen molar-refractivity contribution in [2.75, 3.05) is 54.5 Å². The molecule has 0 aromatic heterocycles. The molecule has 8 heteroatoms. The highest BCUT2D eigenvalue weighted by atomic mass is 32.2. The summed E-state index contributed by atoms with van der Waals surface area (Å²) in [5.41, 5.74) is 4.11. The molecule has 0 bridgehead atoms. The van der Waals surface area contributed by atoms with Crippen LogP contribution in [0.2, 0.25) is 0 Å². The van der Waals surface area contributed by atoms with Crippen LogP contribution in [-0.2, 0) is 10.5 Å². The Balaban J connectivity index is 1.22. The number of halogens is 1. The quantitative estimate of drug-likeness (QED) is 0.477. The molecular formula is C27H29FN4O2S. The molecule has 182 valence electrons. The monoisotopic (exact) mass is 492 g/mol. The summed E-state index contributed by atoms with van der Waals surface area (Å²) in [6.45, 7) is 4.11. The van der Waals surface area contributed by atoms with E-state index < -0.39 is 0 Å². The van der Waals surface area contributed by atoms with Crippen molar-refractivity contribution in [3.63, 3.8) is 0 Å². The van der Waals surface area contributed by atoms with Crippen molar-refractivity contribution < 1.29 is 14.0 Å². The van der Waals surface area contributed by atoms with Crippen molar-refractivity contribution in [1.82, 2.24) is 4.90 Å². The average Bonchev–Trinajstić information content (AvgIpc) is 2.87. The number of piperazine rings is 1. The smallest absolute Gasteiger partial charge is 0.255 e. The van der Waals surface area contributed by atoms with Crippen LogP contribution in [0.4, 0.5) is 21.5 Å². The van der Waals surface area contributed by atoms with Crippen molar-refractivity contribution in [2.45, 2.75) is 5.75 Å². The van der Waals surface area contributed by atoms with Gasteiger partial charge in [0.05, 0.1) is 5.75 Å². The fourth-order valence-corrected chi connectivity index (χ4v) is 4.56. The first-order valence-electron chi connectivity index (χ1n) is 11.5. The van der Waals surface area contributed by atoms with Crippen LogP contribution in [0.1, 0.15) is 15.9 Å². The molecule has 1 fully saturated rings. The van der Waals surface area contributed by atoms with Gasteiger partial charge in [-0.05, 0) is 73.3 Å². The molecule has 0 aliphatic carbocycles. The summed E-state index contributed by atoms with van der Waals surface area (Å²) in [6, 6.07) is 21.0. The number of thioether (sulfide) groups is 1. The molecular weight excluding hydrogens is 463 g/mol. The van der Waals surface area contributed by atoms with E-state index in [9.17, 15) is 14.0 Å². The van der Waals surface area contributed by atoms with E-state index in [0.717, 1.165) is 37.4 Å². The van der Waals surface area contributed by atoms with Gasteiger partial charge in [-0.1, -0.05) is 12.1 Å². The minimum atomic E-state index is -0.339. The van der Waals surface area contributed by atoms with Crippen molar-refractivity contribution >= 4 is 40.6 Å². The maximum absolute atomic E-state index is 12.9. The lowest BCUT2D eigenvalue weighted by atomic mass is 10.1. The van der Waals surface area contributed by atoms with Crippen molar-refractivity contribution in [3.8, 4) is 0 Å². The molecule has 0 spiro atoms. The number of carbonyl (C=O) groups excluding carboxylic acids is 2. The Morgan fingerprint density at radius 1 is 0.829 bits per heavy atom. The average molecular weight is 493 g/mol. The van der Waals surface area contributed by atoms with E-state index in [4.69, 9.17) is 0 Å². The Kier molecular flexibility index (Phi) is 8.39. The minimum Gasteiger partial charge on any atom is -0.369 e. The summed E-state index contributed by atoms with van der Waals surface area (Å²) in [4.78, 5) is 29.4. The zero-order valence-corrected chi connectivity index (χ0v) is 20.5. The van der Waals surface area contributed by atoms with Gasteiger partial charge >= 0.3 is 0 Å². The molecule has 2 N–H and O–H groups in total. The third-order valence-electron chi connectivity index (χ3n) is 5.84. The van der Waals surface area contributed by atoms with Crippen LogP contribution in [0.5, 0.6) is 0 Å². The first-order valence-corrected chi connectivity index (χ1v) is 12.7. The second-order valence-corrected chi connectivity index (χ2v) is 9.52. The van der Waals surface area contributed by atoms with E-state index in [-0.39, 0.29) is 23.4 Å². The SMILES string of the molecule is CN1CCN(c2ccc(NC(=O)c3ccc(CSCC(=O)Nc4ccc(F)cc4)cc3)cc2)CC1. The molecule has 0 atom stereocenters. The normalized spacial score (nSPS) is 13.9. The van der Waals surface area contributed by atoms with Crippen LogP contribution in [-0.4, -0.2) is 55.7 Å². The van der Waals surface area contributed by atoms with E-state index in [1.54, 1.807) is 12.1 Å². The number of benzene rings is 3. The van der Waals surface area contributed by atoms with Gasteiger partial charge in [0.15, 0.2) is 0 Å². The summed E-state index contributed by atoms with van der Waals surface area (Å²) in [6.07, 6.45) is 0. The van der Waals surface area contributed by atoms with Crippen LogP contribution >= 0.6 is 11.8 Å². The predicted octanol–water partition coefficient (Wildman–Crippen LogP) is 4.70. The van der Waals surface area contributed by atoms with Crippen molar-refractivity contribution in [2.24, 2.45) is 0 Å². The van der Waals surface area contributed by atoms with Crippen LogP contribution in [0, 0.1) is 5.82 Å². The highest BCUT2D eigenvalue weighted by Crippen LogP contribution is 2.20. The van der Waals surface area contributed by atoms with Crippen LogP contribution in [0.3, 0.4) is 0 Å². The molecule has 2 amide bonds. The van der Waals surface area contributed by atoms with Gasteiger partial charge in [-0.15, -0.1) is 11.8 Å². The largest absolute Gasteiger partial charge is 0.369 e. The summed E-state index contributed by atoms with van der Waals surface area (Å²) in [7, 11) is 2.14. The molecule has 0 radical (unpaired) electrons. The second-order valence-electron chi connectivity index (χ2n) is 8.54. The zero-order valence-electron chi connectivity index (χ0n) is 19.7. The van der Waals surface area contributed by atoms with E-state index in [1.807, 2.05) is 36.4 Å². The summed E-state index contributed by atoms with van der Waals surface area (Å²) < 4.78 is 12.9. The standard InChI is InChI=1S/C27H29FN4O2S/c1-31-14-16-32(17-15-31)25-12-10-24(11-13-25)30-27(34)21-4-2-20(3-5-21)18-35-19-26(33)29-23-8-6-22(28)7-9-23/h2-13H,14-19H2,1H3,(H,29,33)(H,30,34). The molecule has 4 rings (SSSR count). The maximum Gasteiger partial charge on any atom is 0.255 e. The lowest BCUT2D eigenvalue weighted by molar-refractivity contribution is -0.113. The first kappa shape index (κ1) is 24.8. The van der Waals surface area contributed by atoms with Gasteiger partial charge in [-0.25, -0.2) is 4.39 Å². The summed E-state index contributed by atoms with van der Waals surface area (Å²) in [5.74, 6) is 0.288. The Bertz CT molecular complexity index is 1130.